The van der Waals surface area contributed by atoms with E-state index in [1.165, 1.54) is 7.05 Å². The van der Waals surface area contributed by atoms with E-state index in [2.05, 4.69) is 15.6 Å². The van der Waals surface area contributed by atoms with Gasteiger partial charge in [0.1, 0.15) is 0 Å². The maximum Gasteiger partial charge on any atom is 0.310 e. The highest BCUT2D eigenvalue weighted by Crippen LogP contribution is 2.18. The number of carbonyl (C=O) groups is 3. The summed E-state index contributed by atoms with van der Waals surface area (Å²) in [6.45, 7) is -0.548. The molecule has 0 saturated carbocycles. The minimum absolute atomic E-state index is 0.0761. The molecule has 2 rings (SSSR count). The summed E-state index contributed by atoms with van der Waals surface area (Å²) in [5, 5.41) is 5.66. The normalized spacial score (nSPS) is 10.2. The van der Waals surface area contributed by atoms with Gasteiger partial charge in [0.25, 0.3) is 5.91 Å². The van der Waals surface area contributed by atoms with Crippen LogP contribution >= 0.6 is 0 Å². The molecule has 0 atom stereocenters. The molecule has 0 aliphatic heterocycles. The highest BCUT2D eigenvalue weighted by molar-refractivity contribution is 5.89. The number of hydrogen-bond acceptors (Lipinski definition) is 4. The molecule has 0 unspecified atom stereocenters. The van der Waals surface area contributed by atoms with Gasteiger partial charge in [-0.3, -0.25) is 14.4 Å². The summed E-state index contributed by atoms with van der Waals surface area (Å²) in [4.78, 5) is 37.2. The van der Waals surface area contributed by atoms with E-state index in [-0.39, 0.29) is 18.9 Å². The van der Waals surface area contributed by atoms with E-state index in [1.807, 2.05) is 24.3 Å². The van der Waals surface area contributed by atoms with Crippen molar-refractivity contribution in [3.63, 3.8) is 0 Å². The number of esters is 1. The van der Waals surface area contributed by atoms with Gasteiger partial charge in [0.15, 0.2) is 6.61 Å². The van der Waals surface area contributed by atoms with Crippen molar-refractivity contribution in [1.82, 2.24) is 15.6 Å². The molecule has 116 valence electrons. The maximum absolute atomic E-state index is 11.8. The lowest BCUT2D eigenvalue weighted by Crippen LogP contribution is -2.37. The number of benzene rings is 1. The largest absolute Gasteiger partial charge is 0.455 e. The van der Waals surface area contributed by atoms with Crippen molar-refractivity contribution in [2.24, 2.45) is 0 Å². The zero-order valence-electron chi connectivity index (χ0n) is 12.1. The molecule has 2 aromatic rings. The van der Waals surface area contributed by atoms with Crippen LogP contribution in [-0.2, 0) is 25.5 Å². The van der Waals surface area contributed by atoms with Crippen LogP contribution in [0.3, 0.4) is 0 Å². The van der Waals surface area contributed by atoms with E-state index in [9.17, 15) is 14.4 Å². The van der Waals surface area contributed by atoms with E-state index in [0.29, 0.717) is 0 Å². The summed E-state index contributed by atoms with van der Waals surface area (Å²) >= 11 is 0. The Kier molecular flexibility index (Phi) is 5.13. The predicted octanol–water partition coefficient (Wildman–Crippen LogP) is 0.116. The Bertz CT molecular complexity index is 693. The first-order chi connectivity index (χ1) is 10.6. The summed E-state index contributed by atoms with van der Waals surface area (Å²) in [6, 6.07) is 7.61. The third-order valence-corrected chi connectivity index (χ3v) is 3.10. The fourth-order valence-corrected chi connectivity index (χ4v) is 1.95. The molecule has 0 spiro atoms. The monoisotopic (exact) mass is 303 g/mol. The molecule has 22 heavy (non-hydrogen) atoms. The number of rotatable bonds is 6. The van der Waals surface area contributed by atoms with Crippen molar-refractivity contribution in [1.29, 1.82) is 0 Å². The third-order valence-electron chi connectivity index (χ3n) is 3.10. The zero-order chi connectivity index (χ0) is 15.9. The van der Waals surface area contributed by atoms with Crippen LogP contribution in [0.15, 0.2) is 30.5 Å². The summed E-state index contributed by atoms with van der Waals surface area (Å²) in [5.74, 6) is -1.34. The van der Waals surface area contributed by atoms with E-state index >= 15 is 0 Å². The van der Waals surface area contributed by atoms with Gasteiger partial charge in [-0.25, -0.2) is 0 Å². The Labute approximate surface area is 127 Å². The molecule has 1 aromatic heterocycles. The average Bonchev–Trinajstić information content (AvgIpc) is 2.93. The van der Waals surface area contributed by atoms with Crippen LogP contribution in [-0.4, -0.2) is 43.0 Å². The van der Waals surface area contributed by atoms with Gasteiger partial charge in [-0.15, -0.1) is 0 Å². The van der Waals surface area contributed by atoms with Crippen LogP contribution in [0.4, 0.5) is 0 Å². The smallest absolute Gasteiger partial charge is 0.310 e. The van der Waals surface area contributed by atoms with Crippen molar-refractivity contribution in [3.05, 3.63) is 36.0 Å². The second kappa shape index (κ2) is 7.26. The Morgan fingerprint density at radius 1 is 1.18 bits per heavy atom. The van der Waals surface area contributed by atoms with Gasteiger partial charge in [0, 0.05) is 24.1 Å². The number of H-pyrrole nitrogens is 1. The zero-order valence-corrected chi connectivity index (χ0v) is 12.1. The van der Waals surface area contributed by atoms with Crippen LogP contribution in [0.2, 0.25) is 0 Å². The Balaban J connectivity index is 1.81. The highest BCUT2D eigenvalue weighted by Gasteiger charge is 2.12. The van der Waals surface area contributed by atoms with Crippen molar-refractivity contribution in [3.8, 4) is 0 Å². The number of aromatic nitrogens is 1. The fourth-order valence-electron chi connectivity index (χ4n) is 1.95. The van der Waals surface area contributed by atoms with Gasteiger partial charge < -0.3 is 20.4 Å². The van der Waals surface area contributed by atoms with Gasteiger partial charge in [-0.1, -0.05) is 18.2 Å². The Morgan fingerprint density at radius 2 is 1.95 bits per heavy atom. The topological polar surface area (TPSA) is 100 Å². The lowest BCUT2D eigenvalue weighted by atomic mass is 10.1. The number of fused-ring (bicyclic) bond motifs is 1. The Morgan fingerprint density at radius 3 is 2.73 bits per heavy atom. The molecule has 0 fully saturated rings. The molecular formula is C15H17N3O4. The van der Waals surface area contributed by atoms with Crippen molar-refractivity contribution < 1.29 is 19.1 Å². The predicted molar refractivity (Wildman–Crippen MR) is 80.0 cm³/mol. The number of likely N-dealkylation sites (N-methyl/N-ethyl adjacent to an activating group) is 1. The second-order valence-corrected chi connectivity index (χ2v) is 4.65. The van der Waals surface area contributed by atoms with Crippen LogP contribution < -0.4 is 10.6 Å². The van der Waals surface area contributed by atoms with Crippen LogP contribution in [0.1, 0.15) is 5.56 Å². The van der Waals surface area contributed by atoms with E-state index in [4.69, 9.17) is 4.74 Å². The number of para-hydroxylation sites is 1. The number of ether oxygens (including phenoxy) is 1. The lowest BCUT2D eigenvalue weighted by molar-refractivity contribution is -0.147. The molecule has 0 aliphatic carbocycles. The van der Waals surface area contributed by atoms with Gasteiger partial charge in [0.05, 0.1) is 13.0 Å². The quantitative estimate of drug-likeness (QED) is 0.660. The summed E-state index contributed by atoms with van der Waals surface area (Å²) in [6.07, 6.45) is 1.82. The van der Waals surface area contributed by atoms with Crippen molar-refractivity contribution >= 4 is 28.7 Å². The first kappa shape index (κ1) is 15.6. The molecular weight excluding hydrogens is 286 g/mol. The fraction of sp³-hybridized carbons (Fsp3) is 0.267. The lowest BCUT2D eigenvalue weighted by Gasteiger charge is -2.05. The second-order valence-electron chi connectivity index (χ2n) is 4.65. The summed E-state index contributed by atoms with van der Waals surface area (Å²) in [5.41, 5.74) is 1.75. The van der Waals surface area contributed by atoms with Gasteiger partial charge in [-0.05, 0) is 11.6 Å². The molecule has 1 aromatic carbocycles. The number of amides is 2. The first-order valence-corrected chi connectivity index (χ1v) is 6.78. The highest BCUT2D eigenvalue weighted by atomic mass is 16.5. The first-order valence-electron chi connectivity index (χ1n) is 6.78. The molecule has 2 amide bonds. The minimum atomic E-state index is -0.518. The molecule has 3 N–H and O–H groups in total. The van der Waals surface area contributed by atoms with Gasteiger partial charge in [0.2, 0.25) is 5.91 Å². The number of hydrogen-bond donors (Lipinski definition) is 3. The SMILES string of the molecule is CNC(=O)CNC(=O)COC(=O)Cc1c[nH]c2ccccc12. The maximum atomic E-state index is 11.8. The van der Waals surface area contributed by atoms with Crippen molar-refractivity contribution in [2.75, 3.05) is 20.2 Å². The van der Waals surface area contributed by atoms with E-state index < -0.39 is 18.5 Å². The number of carbonyl (C=O) groups excluding carboxylic acids is 3. The van der Waals surface area contributed by atoms with Crippen LogP contribution in [0, 0.1) is 0 Å². The standard InChI is InChI=1S/C15H17N3O4/c1-16-13(19)8-18-14(20)9-22-15(21)6-10-7-17-12-5-3-2-4-11(10)12/h2-5,7,17H,6,8-9H2,1H3,(H,16,19)(H,18,20). The molecule has 0 saturated heterocycles. The number of aromatic amines is 1. The van der Waals surface area contributed by atoms with Crippen LogP contribution in [0.25, 0.3) is 10.9 Å². The molecule has 0 radical (unpaired) electrons. The molecule has 0 aliphatic rings. The van der Waals surface area contributed by atoms with Gasteiger partial charge >= 0.3 is 5.97 Å². The summed E-state index contributed by atoms with van der Waals surface area (Å²) < 4.78 is 4.90. The Hall–Kier alpha value is -2.83. The molecule has 7 heteroatoms. The van der Waals surface area contributed by atoms with Crippen molar-refractivity contribution in [2.45, 2.75) is 6.42 Å². The number of nitrogens with one attached hydrogen (secondary N) is 3. The average molecular weight is 303 g/mol. The van der Waals surface area contributed by atoms with E-state index in [1.54, 1.807) is 6.20 Å². The molecule has 7 nitrogen and oxygen atoms in total. The summed E-state index contributed by atoms with van der Waals surface area (Å²) in [7, 11) is 1.47. The van der Waals surface area contributed by atoms with E-state index in [0.717, 1.165) is 16.5 Å². The molecule has 0 bridgehead atoms. The van der Waals surface area contributed by atoms with Crippen LogP contribution in [0.5, 0.6) is 0 Å². The third kappa shape index (κ3) is 4.08. The molecule has 1 heterocycles. The minimum Gasteiger partial charge on any atom is -0.455 e. The van der Waals surface area contributed by atoms with Gasteiger partial charge in [-0.2, -0.15) is 0 Å².